The van der Waals surface area contributed by atoms with Gasteiger partial charge in [0.05, 0.1) is 0 Å². The molecule has 0 unspecified atom stereocenters. The van der Waals surface area contributed by atoms with Crippen molar-refractivity contribution in [3.8, 4) is 0 Å². The minimum atomic E-state index is 0.245. The van der Waals surface area contributed by atoms with Crippen LogP contribution in [0, 0.1) is 0 Å². The molecule has 138 valence electrons. The Morgan fingerprint density at radius 1 is 1.04 bits per heavy atom. The Kier molecular flexibility index (Phi) is 6.89. The zero-order valence-electron chi connectivity index (χ0n) is 15.0. The molecule has 0 bridgehead atoms. The minimum Gasteiger partial charge on any atom is -0.354 e. The first-order chi connectivity index (χ1) is 12.8. The Morgan fingerprint density at radius 3 is 2.50 bits per heavy atom. The van der Waals surface area contributed by atoms with E-state index in [0.717, 1.165) is 45.6 Å². The van der Waals surface area contributed by atoms with Crippen molar-refractivity contribution >= 4 is 11.9 Å². The molecule has 2 aromatic heterocycles. The summed E-state index contributed by atoms with van der Waals surface area (Å²) in [5.41, 5.74) is 1.31. The normalized spacial score (nSPS) is 15.0. The molecule has 1 aliphatic rings. The van der Waals surface area contributed by atoms with Gasteiger partial charge in [-0.25, -0.2) is 9.97 Å². The van der Waals surface area contributed by atoms with E-state index in [1.807, 2.05) is 17.3 Å². The van der Waals surface area contributed by atoms with Crippen LogP contribution in [0.1, 0.15) is 18.4 Å². The monoisotopic (exact) mass is 354 g/mol. The molecule has 26 heavy (non-hydrogen) atoms. The first-order valence-electron chi connectivity index (χ1n) is 9.21. The Balaban J connectivity index is 1.29. The first kappa shape index (κ1) is 18.3. The molecule has 1 fully saturated rings. The predicted octanol–water partition coefficient (Wildman–Crippen LogP) is 1.45. The average Bonchev–Trinajstić information content (AvgIpc) is 2.71. The van der Waals surface area contributed by atoms with Crippen molar-refractivity contribution in [2.45, 2.75) is 19.3 Å². The van der Waals surface area contributed by atoms with E-state index in [2.05, 4.69) is 37.3 Å². The fourth-order valence-electron chi connectivity index (χ4n) is 3.05. The topological polar surface area (TPSA) is 74.2 Å². The van der Waals surface area contributed by atoms with Gasteiger partial charge in [-0.3, -0.25) is 14.7 Å². The highest BCUT2D eigenvalue weighted by Gasteiger charge is 2.20. The number of pyridine rings is 1. The Hall–Kier alpha value is -2.54. The van der Waals surface area contributed by atoms with Crippen LogP contribution in [-0.2, 0) is 11.2 Å². The molecule has 7 nitrogen and oxygen atoms in total. The van der Waals surface area contributed by atoms with Crippen molar-refractivity contribution in [2.75, 3.05) is 44.6 Å². The van der Waals surface area contributed by atoms with Crippen molar-refractivity contribution in [1.82, 2.24) is 24.8 Å². The third kappa shape index (κ3) is 5.77. The maximum atomic E-state index is 12.3. The van der Waals surface area contributed by atoms with Crippen molar-refractivity contribution in [1.29, 1.82) is 0 Å². The molecule has 0 aliphatic carbocycles. The number of piperazine rings is 1. The van der Waals surface area contributed by atoms with Crippen molar-refractivity contribution in [3.05, 3.63) is 48.5 Å². The highest BCUT2D eigenvalue weighted by atomic mass is 16.2. The average molecular weight is 354 g/mol. The van der Waals surface area contributed by atoms with Crippen LogP contribution in [0.4, 0.5) is 5.95 Å². The summed E-state index contributed by atoms with van der Waals surface area (Å²) in [5, 5.41) is 3.14. The number of amides is 1. The van der Waals surface area contributed by atoms with E-state index in [4.69, 9.17) is 0 Å². The van der Waals surface area contributed by atoms with Crippen LogP contribution in [0.25, 0.3) is 0 Å². The third-order valence-corrected chi connectivity index (χ3v) is 4.61. The lowest BCUT2D eigenvalue weighted by atomic mass is 10.2. The summed E-state index contributed by atoms with van der Waals surface area (Å²) in [5.74, 6) is 0.859. The molecule has 0 spiro atoms. The van der Waals surface area contributed by atoms with E-state index in [0.29, 0.717) is 18.9 Å². The number of carbonyl (C=O) groups excluding carboxylic acids is 1. The van der Waals surface area contributed by atoms with Crippen LogP contribution in [0.15, 0.2) is 43.0 Å². The number of rotatable bonds is 8. The number of nitrogens with zero attached hydrogens (tertiary/aromatic N) is 5. The molecule has 0 saturated carbocycles. The molecule has 3 rings (SSSR count). The highest BCUT2D eigenvalue weighted by Crippen LogP contribution is 2.07. The SMILES string of the molecule is O=C(CCCNc1ncccn1)N1CCN(CCc2ccncc2)CC1. The van der Waals surface area contributed by atoms with Gasteiger partial charge in [-0.1, -0.05) is 0 Å². The summed E-state index contributed by atoms with van der Waals surface area (Å²) < 4.78 is 0. The lowest BCUT2D eigenvalue weighted by molar-refractivity contribution is -0.133. The molecule has 1 saturated heterocycles. The molecular weight excluding hydrogens is 328 g/mol. The highest BCUT2D eigenvalue weighted by molar-refractivity contribution is 5.76. The van der Waals surface area contributed by atoms with E-state index in [1.54, 1.807) is 18.5 Å². The van der Waals surface area contributed by atoms with E-state index in [1.165, 1.54) is 5.56 Å². The number of nitrogens with one attached hydrogen (secondary N) is 1. The van der Waals surface area contributed by atoms with Gasteiger partial charge < -0.3 is 10.2 Å². The van der Waals surface area contributed by atoms with Gasteiger partial charge in [0.2, 0.25) is 11.9 Å². The molecule has 1 amide bonds. The number of carbonyl (C=O) groups is 1. The van der Waals surface area contributed by atoms with E-state index in [-0.39, 0.29) is 5.91 Å². The number of hydrogen-bond donors (Lipinski definition) is 1. The van der Waals surface area contributed by atoms with Crippen LogP contribution in [-0.4, -0.2) is 69.9 Å². The summed E-state index contributed by atoms with van der Waals surface area (Å²) in [6.07, 6.45) is 9.47. The lowest BCUT2D eigenvalue weighted by Crippen LogP contribution is -2.49. The van der Waals surface area contributed by atoms with Gasteiger partial charge in [0.15, 0.2) is 0 Å². The van der Waals surface area contributed by atoms with Gasteiger partial charge in [0.1, 0.15) is 0 Å². The standard InChI is InChI=1S/C19H26N6O/c26-18(3-1-7-21-19-22-8-2-9-23-19)25-15-13-24(14-16-25)12-6-17-4-10-20-11-5-17/h2,4-5,8-11H,1,3,6-7,12-16H2,(H,21,22,23). The molecule has 2 aromatic rings. The quantitative estimate of drug-likeness (QED) is 0.724. The molecule has 0 aromatic carbocycles. The lowest BCUT2D eigenvalue weighted by Gasteiger charge is -2.34. The summed E-state index contributed by atoms with van der Waals surface area (Å²) >= 11 is 0. The third-order valence-electron chi connectivity index (χ3n) is 4.61. The Labute approximate surface area is 154 Å². The fraction of sp³-hybridized carbons (Fsp3) is 0.474. The van der Waals surface area contributed by atoms with Crippen LogP contribution < -0.4 is 5.32 Å². The van der Waals surface area contributed by atoms with E-state index >= 15 is 0 Å². The number of aromatic nitrogens is 3. The maximum Gasteiger partial charge on any atom is 0.222 e. The molecule has 1 N–H and O–H groups in total. The zero-order valence-corrected chi connectivity index (χ0v) is 15.0. The van der Waals surface area contributed by atoms with Gasteiger partial charge in [-0.2, -0.15) is 0 Å². The zero-order chi connectivity index (χ0) is 18.0. The van der Waals surface area contributed by atoms with Gasteiger partial charge >= 0.3 is 0 Å². The summed E-state index contributed by atoms with van der Waals surface area (Å²) in [4.78, 5) is 29.0. The molecule has 7 heteroatoms. The molecule has 0 radical (unpaired) electrons. The second-order valence-corrected chi connectivity index (χ2v) is 6.43. The van der Waals surface area contributed by atoms with Crippen LogP contribution in [0.3, 0.4) is 0 Å². The smallest absolute Gasteiger partial charge is 0.222 e. The Morgan fingerprint density at radius 2 is 1.77 bits per heavy atom. The van der Waals surface area contributed by atoms with Gasteiger partial charge in [0.25, 0.3) is 0 Å². The predicted molar refractivity (Wildman–Crippen MR) is 101 cm³/mol. The summed E-state index contributed by atoms with van der Waals surface area (Å²) in [7, 11) is 0. The second kappa shape index (κ2) is 9.82. The van der Waals surface area contributed by atoms with Crippen LogP contribution >= 0.6 is 0 Å². The van der Waals surface area contributed by atoms with Gasteiger partial charge in [-0.15, -0.1) is 0 Å². The summed E-state index contributed by atoms with van der Waals surface area (Å²) in [6, 6.07) is 5.91. The van der Waals surface area contributed by atoms with Crippen molar-refractivity contribution < 1.29 is 4.79 Å². The van der Waals surface area contributed by atoms with Crippen molar-refractivity contribution in [3.63, 3.8) is 0 Å². The first-order valence-corrected chi connectivity index (χ1v) is 9.21. The molecule has 0 atom stereocenters. The molecule has 1 aliphatic heterocycles. The molecular formula is C19H26N6O. The van der Waals surface area contributed by atoms with Crippen LogP contribution in [0.5, 0.6) is 0 Å². The van der Waals surface area contributed by atoms with Gasteiger partial charge in [0, 0.05) is 70.5 Å². The number of hydrogen-bond acceptors (Lipinski definition) is 6. The van der Waals surface area contributed by atoms with Crippen LogP contribution in [0.2, 0.25) is 0 Å². The fourth-order valence-corrected chi connectivity index (χ4v) is 3.05. The van der Waals surface area contributed by atoms with Crippen molar-refractivity contribution in [2.24, 2.45) is 0 Å². The van der Waals surface area contributed by atoms with E-state index in [9.17, 15) is 4.79 Å². The van der Waals surface area contributed by atoms with E-state index < -0.39 is 0 Å². The number of anilines is 1. The Bertz CT molecular complexity index is 658. The largest absolute Gasteiger partial charge is 0.354 e. The minimum absolute atomic E-state index is 0.245. The second-order valence-electron chi connectivity index (χ2n) is 6.43. The summed E-state index contributed by atoms with van der Waals surface area (Å²) in [6.45, 7) is 5.29. The molecule has 3 heterocycles. The van der Waals surface area contributed by atoms with Gasteiger partial charge in [-0.05, 0) is 36.6 Å². The maximum absolute atomic E-state index is 12.3.